The lowest BCUT2D eigenvalue weighted by Crippen LogP contribution is -2.38. The third kappa shape index (κ3) is 3.90. The standard InChI is InChI=1S/C18H18ClN5O3/c1-11(2)24-16(25)10-23(18(24)27)15-6-14(19)13(8-21-15)9-22-17(26)12-4-3-5-20-7-12/h3-8,11H,9-10H2,1-2H3,(H,22,26). The minimum absolute atomic E-state index is 0.0720. The van der Waals surface area contributed by atoms with E-state index in [-0.39, 0.29) is 30.9 Å². The highest BCUT2D eigenvalue weighted by molar-refractivity contribution is 6.31. The number of halogens is 1. The Balaban J connectivity index is 1.70. The Morgan fingerprint density at radius 3 is 2.70 bits per heavy atom. The van der Waals surface area contributed by atoms with Crippen LogP contribution in [0.5, 0.6) is 0 Å². The summed E-state index contributed by atoms with van der Waals surface area (Å²) in [5.74, 6) is -0.263. The van der Waals surface area contributed by atoms with E-state index in [0.29, 0.717) is 22.0 Å². The molecule has 0 aliphatic carbocycles. The first-order valence-corrected chi connectivity index (χ1v) is 8.72. The number of carbonyl (C=O) groups is 3. The van der Waals surface area contributed by atoms with Crippen molar-refractivity contribution in [3.8, 4) is 0 Å². The van der Waals surface area contributed by atoms with Crippen molar-refractivity contribution in [2.75, 3.05) is 11.4 Å². The predicted octanol–water partition coefficient (Wildman–Crippen LogP) is 2.24. The summed E-state index contributed by atoms with van der Waals surface area (Å²) in [6.07, 6.45) is 4.53. The highest BCUT2D eigenvalue weighted by Crippen LogP contribution is 2.25. The van der Waals surface area contributed by atoms with Crippen LogP contribution in [0, 0.1) is 0 Å². The summed E-state index contributed by atoms with van der Waals surface area (Å²) in [5, 5.41) is 3.08. The topological polar surface area (TPSA) is 95.5 Å². The van der Waals surface area contributed by atoms with Crippen LogP contribution in [0.25, 0.3) is 0 Å². The van der Waals surface area contributed by atoms with Crippen molar-refractivity contribution >= 4 is 35.3 Å². The zero-order valence-electron chi connectivity index (χ0n) is 14.8. The highest BCUT2D eigenvalue weighted by atomic mass is 35.5. The second kappa shape index (κ2) is 7.71. The molecule has 0 bridgehead atoms. The molecule has 1 saturated heterocycles. The molecule has 1 aliphatic rings. The fraction of sp³-hybridized carbons (Fsp3) is 0.278. The SMILES string of the molecule is CC(C)N1C(=O)CN(c2cc(Cl)c(CNC(=O)c3cccnc3)cn2)C1=O. The number of hydrogen-bond donors (Lipinski definition) is 1. The Kier molecular flexibility index (Phi) is 5.36. The third-order valence-electron chi connectivity index (χ3n) is 4.07. The minimum atomic E-state index is -0.420. The van der Waals surface area contributed by atoms with Gasteiger partial charge in [0.15, 0.2) is 0 Å². The summed E-state index contributed by atoms with van der Waals surface area (Å²) < 4.78 is 0. The molecule has 3 rings (SSSR count). The molecule has 1 fully saturated rings. The van der Waals surface area contributed by atoms with Gasteiger partial charge >= 0.3 is 6.03 Å². The normalized spacial score (nSPS) is 14.2. The summed E-state index contributed by atoms with van der Waals surface area (Å²) in [6, 6.07) is 4.19. The van der Waals surface area contributed by atoms with Crippen molar-refractivity contribution in [2.24, 2.45) is 0 Å². The maximum absolute atomic E-state index is 12.4. The summed E-state index contributed by atoms with van der Waals surface area (Å²) in [6.45, 7) is 3.64. The second-order valence-electron chi connectivity index (χ2n) is 6.28. The number of urea groups is 1. The molecule has 0 aromatic carbocycles. The van der Waals surface area contributed by atoms with E-state index in [2.05, 4.69) is 15.3 Å². The number of amides is 4. The van der Waals surface area contributed by atoms with Crippen molar-refractivity contribution in [3.63, 3.8) is 0 Å². The van der Waals surface area contributed by atoms with E-state index in [1.165, 1.54) is 28.3 Å². The average molecular weight is 388 g/mol. The van der Waals surface area contributed by atoms with Gasteiger partial charge < -0.3 is 5.32 Å². The van der Waals surface area contributed by atoms with Gasteiger partial charge in [0.2, 0.25) is 0 Å². The van der Waals surface area contributed by atoms with Crippen LogP contribution in [0.4, 0.5) is 10.6 Å². The predicted molar refractivity (Wildman–Crippen MR) is 99.4 cm³/mol. The van der Waals surface area contributed by atoms with Gasteiger partial charge in [0.05, 0.1) is 10.6 Å². The molecule has 2 aromatic heterocycles. The monoisotopic (exact) mass is 387 g/mol. The number of imide groups is 1. The van der Waals surface area contributed by atoms with Gasteiger partial charge in [0.25, 0.3) is 11.8 Å². The van der Waals surface area contributed by atoms with E-state index >= 15 is 0 Å². The molecule has 0 radical (unpaired) electrons. The zero-order chi connectivity index (χ0) is 19.6. The molecule has 3 heterocycles. The molecule has 0 saturated carbocycles. The fourth-order valence-electron chi connectivity index (χ4n) is 2.71. The smallest absolute Gasteiger partial charge is 0.333 e. The van der Waals surface area contributed by atoms with Crippen molar-refractivity contribution in [1.29, 1.82) is 0 Å². The van der Waals surface area contributed by atoms with E-state index in [1.807, 2.05) is 0 Å². The van der Waals surface area contributed by atoms with Gasteiger partial charge in [-0.15, -0.1) is 0 Å². The Bertz CT molecular complexity index is 888. The highest BCUT2D eigenvalue weighted by Gasteiger charge is 2.39. The molecule has 27 heavy (non-hydrogen) atoms. The number of nitrogens with zero attached hydrogens (tertiary/aromatic N) is 4. The summed E-state index contributed by atoms with van der Waals surface area (Å²) in [5.41, 5.74) is 1.03. The fourth-order valence-corrected chi connectivity index (χ4v) is 2.92. The molecule has 9 heteroatoms. The van der Waals surface area contributed by atoms with Gasteiger partial charge in [-0.05, 0) is 26.0 Å². The third-order valence-corrected chi connectivity index (χ3v) is 4.42. The van der Waals surface area contributed by atoms with Gasteiger partial charge in [0.1, 0.15) is 12.4 Å². The number of carbonyl (C=O) groups excluding carboxylic acids is 3. The van der Waals surface area contributed by atoms with Crippen LogP contribution in [-0.4, -0.2) is 45.3 Å². The van der Waals surface area contributed by atoms with Crippen LogP contribution in [0.15, 0.2) is 36.8 Å². The van der Waals surface area contributed by atoms with Crippen molar-refractivity contribution in [3.05, 3.63) is 52.9 Å². The van der Waals surface area contributed by atoms with Crippen LogP contribution in [0.2, 0.25) is 5.02 Å². The number of anilines is 1. The first-order valence-electron chi connectivity index (χ1n) is 8.34. The van der Waals surface area contributed by atoms with Crippen LogP contribution in [0.3, 0.4) is 0 Å². The summed E-state index contributed by atoms with van der Waals surface area (Å²) in [4.78, 5) is 47.1. The first-order chi connectivity index (χ1) is 12.9. The van der Waals surface area contributed by atoms with Gasteiger partial charge in [-0.3, -0.25) is 24.4 Å². The van der Waals surface area contributed by atoms with Gasteiger partial charge in [-0.1, -0.05) is 11.6 Å². The van der Waals surface area contributed by atoms with Crippen molar-refractivity contribution < 1.29 is 14.4 Å². The Hall–Kier alpha value is -3.00. The number of nitrogens with one attached hydrogen (secondary N) is 1. The zero-order valence-corrected chi connectivity index (χ0v) is 15.6. The molecule has 1 aliphatic heterocycles. The minimum Gasteiger partial charge on any atom is -0.348 e. The first kappa shape index (κ1) is 18.8. The molecule has 2 aromatic rings. The van der Waals surface area contributed by atoms with E-state index in [9.17, 15) is 14.4 Å². The largest absolute Gasteiger partial charge is 0.348 e. The summed E-state index contributed by atoms with van der Waals surface area (Å²) >= 11 is 6.28. The molecule has 140 valence electrons. The Labute approximate surface area is 161 Å². The maximum Gasteiger partial charge on any atom is 0.333 e. The van der Waals surface area contributed by atoms with Gasteiger partial charge in [-0.2, -0.15) is 0 Å². The number of pyridine rings is 2. The quantitative estimate of drug-likeness (QED) is 0.794. The summed E-state index contributed by atoms with van der Waals surface area (Å²) in [7, 11) is 0. The lowest BCUT2D eigenvalue weighted by Gasteiger charge is -2.19. The van der Waals surface area contributed by atoms with E-state index in [4.69, 9.17) is 11.6 Å². The molecule has 0 unspecified atom stereocenters. The van der Waals surface area contributed by atoms with E-state index < -0.39 is 6.03 Å². The van der Waals surface area contributed by atoms with Crippen LogP contribution in [-0.2, 0) is 11.3 Å². The molecule has 4 amide bonds. The van der Waals surface area contributed by atoms with Crippen LogP contribution in [0.1, 0.15) is 29.8 Å². The van der Waals surface area contributed by atoms with Crippen molar-refractivity contribution in [1.82, 2.24) is 20.2 Å². The number of rotatable bonds is 5. The lowest BCUT2D eigenvalue weighted by atomic mass is 10.2. The molecule has 0 spiro atoms. The van der Waals surface area contributed by atoms with E-state index in [1.54, 1.807) is 32.2 Å². The van der Waals surface area contributed by atoms with Crippen LogP contribution < -0.4 is 10.2 Å². The molecule has 1 N–H and O–H groups in total. The number of aromatic nitrogens is 2. The number of hydrogen-bond acceptors (Lipinski definition) is 5. The average Bonchev–Trinajstić information content (AvgIpc) is 2.95. The molecular formula is C18H18ClN5O3. The maximum atomic E-state index is 12.4. The van der Waals surface area contributed by atoms with E-state index in [0.717, 1.165) is 0 Å². The van der Waals surface area contributed by atoms with Gasteiger partial charge in [-0.25, -0.2) is 9.78 Å². The van der Waals surface area contributed by atoms with Crippen molar-refractivity contribution in [2.45, 2.75) is 26.4 Å². The molecule has 8 nitrogen and oxygen atoms in total. The lowest BCUT2D eigenvalue weighted by molar-refractivity contribution is -0.125. The molecular weight excluding hydrogens is 370 g/mol. The second-order valence-corrected chi connectivity index (χ2v) is 6.69. The molecule has 0 atom stereocenters. The Morgan fingerprint density at radius 1 is 1.33 bits per heavy atom. The van der Waals surface area contributed by atoms with Crippen LogP contribution >= 0.6 is 11.6 Å². The Morgan fingerprint density at radius 2 is 2.11 bits per heavy atom. The van der Waals surface area contributed by atoms with Gasteiger partial charge in [0, 0.05) is 42.8 Å².